The van der Waals surface area contributed by atoms with Crippen LogP contribution in [0.4, 0.5) is 8.78 Å². The SMILES string of the molecule is [C-]#[N+][C@H]1CN(C(=O)[C@@H]2CC[C@@H]3CN(CC)CC[C@H](NC(=O)c4ccc5ccc(C(F)(F)P(=O)(O)O)cc5c4)C(=O)N32)C[C@@H]1c1ccccc1. The predicted octanol–water partition coefficient (Wildman–Crippen LogP) is 4.16. The van der Waals surface area contributed by atoms with Crippen LogP contribution < -0.4 is 5.32 Å². The molecule has 0 unspecified atom stereocenters. The summed E-state index contributed by atoms with van der Waals surface area (Å²) in [6.07, 6.45) is 1.37. The zero-order valence-electron chi connectivity index (χ0n) is 26.9. The number of hydrogen-bond acceptors (Lipinski definition) is 5. The number of nitrogens with one attached hydrogen (secondary N) is 1. The maximum atomic E-state index is 14.4. The molecule has 6 rings (SSSR count). The van der Waals surface area contributed by atoms with Gasteiger partial charge in [0.2, 0.25) is 17.9 Å². The largest absolute Gasteiger partial charge is 0.399 e. The van der Waals surface area contributed by atoms with Gasteiger partial charge in [-0.05, 0) is 60.3 Å². The molecule has 3 heterocycles. The molecule has 0 bridgehead atoms. The fourth-order valence-electron chi connectivity index (χ4n) is 7.38. The summed E-state index contributed by atoms with van der Waals surface area (Å²) in [5.74, 6) is -1.32. The number of likely N-dealkylation sites (N-methyl/N-ethyl adjacent to an activating group) is 1. The monoisotopic (exact) mass is 693 g/mol. The third-order valence-corrected chi connectivity index (χ3v) is 11.1. The summed E-state index contributed by atoms with van der Waals surface area (Å²) >= 11 is 0. The Kier molecular flexibility index (Phi) is 9.61. The van der Waals surface area contributed by atoms with Crippen LogP contribution in [0.2, 0.25) is 0 Å². The molecule has 3 aromatic rings. The number of rotatable bonds is 7. The van der Waals surface area contributed by atoms with Crippen molar-refractivity contribution in [3.05, 3.63) is 94.8 Å². The fourth-order valence-corrected chi connectivity index (χ4v) is 7.86. The van der Waals surface area contributed by atoms with E-state index < -0.39 is 42.9 Å². The summed E-state index contributed by atoms with van der Waals surface area (Å²) in [5.41, 5.74) is -4.23. The average Bonchev–Trinajstić information content (AvgIpc) is 3.72. The maximum Gasteiger partial charge on any atom is 0.399 e. The zero-order chi connectivity index (χ0) is 35.1. The first-order valence-electron chi connectivity index (χ1n) is 16.4. The van der Waals surface area contributed by atoms with Crippen LogP contribution in [0.25, 0.3) is 15.6 Å². The van der Waals surface area contributed by atoms with Gasteiger partial charge in [0.1, 0.15) is 12.1 Å². The van der Waals surface area contributed by atoms with Gasteiger partial charge in [0, 0.05) is 36.8 Å². The van der Waals surface area contributed by atoms with Gasteiger partial charge >= 0.3 is 13.3 Å². The van der Waals surface area contributed by atoms with Crippen LogP contribution in [0, 0.1) is 6.57 Å². The van der Waals surface area contributed by atoms with Crippen molar-refractivity contribution in [2.45, 2.75) is 61.9 Å². The number of likely N-dealkylation sites (tertiary alicyclic amines) is 1. The number of alkyl halides is 2. The highest BCUT2D eigenvalue weighted by atomic mass is 31.2. The van der Waals surface area contributed by atoms with E-state index in [0.29, 0.717) is 44.4 Å². The van der Waals surface area contributed by atoms with Crippen LogP contribution in [-0.2, 0) is 19.8 Å². The molecule has 0 radical (unpaired) electrons. The molecule has 3 aromatic carbocycles. The molecule has 0 aromatic heterocycles. The number of halogens is 2. The highest BCUT2D eigenvalue weighted by molar-refractivity contribution is 7.52. The van der Waals surface area contributed by atoms with Crippen molar-refractivity contribution in [3.63, 3.8) is 0 Å². The number of carbonyl (C=O) groups is 3. The van der Waals surface area contributed by atoms with Gasteiger partial charge in [-0.2, -0.15) is 8.78 Å². The standard InChI is InChI=1S/C35H38F2N5O6P/c1-3-40-16-15-29(39-32(43)24-10-9-22-11-12-26(18-25(22)17-24)35(36,37)49(46,47)48)33(44)42-27(19-40)13-14-31(42)34(45)41-20-28(30(21-41)38-2)23-7-5-4-6-8-23/h4-12,17-18,27-31H,3,13-16,19-21H2,1H3,(H,39,43)(H2,46,47,48)/t27-,28-,29+,30+,31+/m1/s1. The molecule has 3 aliphatic rings. The lowest BCUT2D eigenvalue weighted by Crippen LogP contribution is -2.60. The van der Waals surface area contributed by atoms with Gasteiger partial charge in [0.25, 0.3) is 5.91 Å². The van der Waals surface area contributed by atoms with E-state index in [0.717, 1.165) is 17.7 Å². The van der Waals surface area contributed by atoms with Gasteiger partial charge in [-0.25, -0.2) is 6.57 Å². The Hall–Kier alpha value is -4.21. The Labute approximate surface area is 282 Å². The molecule has 0 aliphatic carbocycles. The van der Waals surface area contributed by atoms with Crippen LogP contribution in [0.15, 0.2) is 66.7 Å². The number of hydrogen-bond donors (Lipinski definition) is 3. The van der Waals surface area contributed by atoms with Crippen molar-refractivity contribution < 1.29 is 37.5 Å². The summed E-state index contributed by atoms with van der Waals surface area (Å²) in [5, 5.41) is 3.46. The molecule has 49 heavy (non-hydrogen) atoms. The van der Waals surface area contributed by atoms with Crippen molar-refractivity contribution in [2.24, 2.45) is 0 Å². The lowest BCUT2D eigenvalue weighted by Gasteiger charge is -2.39. The second-order valence-corrected chi connectivity index (χ2v) is 14.7. The predicted molar refractivity (Wildman–Crippen MR) is 178 cm³/mol. The van der Waals surface area contributed by atoms with Crippen molar-refractivity contribution in [3.8, 4) is 0 Å². The molecule has 0 spiro atoms. The van der Waals surface area contributed by atoms with E-state index in [2.05, 4.69) is 15.1 Å². The van der Waals surface area contributed by atoms with Gasteiger partial charge in [-0.15, -0.1) is 0 Å². The summed E-state index contributed by atoms with van der Waals surface area (Å²) in [4.78, 5) is 69.6. The third kappa shape index (κ3) is 6.71. The number of benzene rings is 3. The van der Waals surface area contributed by atoms with Crippen LogP contribution >= 0.6 is 7.60 Å². The Bertz CT molecular complexity index is 1850. The van der Waals surface area contributed by atoms with Gasteiger partial charge in [-0.3, -0.25) is 18.9 Å². The molecule has 3 fully saturated rings. The fraction of sp³-hybridized carbons (Fsp3) is 0.429. The van der Waals surface area contributed by atoms with Crippen molar-refractivity contribution in [2.75, 3.05) is 32.7 Å². The van der Waals surface area contributed by atoms with Crippen molar-refractivity contribution in [1.29, 1.82) is 0 Å². The van der Waals surface area contributed by atoms with E-state index in [1.165, 1.54) is 24.3 Å². The Morgan fingerprint density at radius 2 is 1.73 bits per heavy atom. The Balaban J connectivity index is 1.23. The molecule has 3 amide bonds. The number of carbonyl (C=O) groups excluding carboxylic acids is 3. The number of nitrogens with zero attached hydrogens (tertiary/aromatic N) is 4. The van der Waals surface area contributed by atoms with E-state index in [-0.39, 0.29) is 47.7 Å². The highest BCUT2D eigenvalue weighted by Crippen LogP contribution is 2.59. The minimum atomic E-state index is -5.80. The minimum Gasteiger partial charge on any atom is -0.340 e. The topological polar surface area (TPSA) is 135 Å². The molecule has 14 heteroatoms. The molecular formula is C35H38F2N5O6P. The van der Waals surface area contributed by atoms with Crippen LogP contribution in [0.1, 0.15) is 53.6 Å². The average molecular weight is 694 g/mol. The lowest BCUT2D eigenvalue weighted by molar-refractivity contribution is -0.147. The molecule has 3 N–H and O–H groups in total. The van der Waals surface area contributed by atoms with Gasteiger partial charge in [-0.1, -0.05) is 55.5 Å². The summed E-state index contributed by atoms with van der Waals surface area (Å²) in [6, 6.07) is 14.8. The first-order chi connectivity index (χ1) is 23.3. The molecule has 258 valence electrons. The molecule has 11 nitrogen and oxygen atoms in total. The minimum absolute atomic E-state index is 0.0751. The molecule has 0 saturated carbocycles. The van der Waals surface area contributed by atoms with E-state index in [4.69, 9.17) is 6.57 Å². The Morgan fingerprint density at radius 3 is 2.43 bits per heavy atom. The van der Waals surface area contributed by atoms with Gasteiger partial charge in [0.15, 0.2) is 0 Å². The van der Waals surface area contributed by atoms with Gasteiger partial charge in [0.05, 0.1) is 12.5 Å². The van der Waals surface area contributed by atoms with Crippen LogP contribution in [-0.4, -0.2) is 99.1 Å². The summed E-state index contributed by atoms with van der Waals surface area (Å²) < 4.78 is 40.3. The smallest absolute Gasteiger partial charge is 0.340 e. The second-order valence-electron chi connectivity index (χ2n) is 13.0. The quantitative estimate of drug-likeness (QED) is 0.250. The van der Waals surface area contributed by atoms with E-state index in [1.807, 2.05) is 37.3 Å². The van der Waals surface area contributed by atoms with Crippen molar-refractivity contribution >= 4 is 36.1 Å². The third-order valence-electron chi connectivity index (χ3n) is 10.1. The van der Waals surface area contributed by atoms with Gasteiger partial charge < -0.3 is 34.6 Å². The number of amides is 3. The normalized spacial score (nSPS) is 25.1. The summed E-state index contributed by atoms with van der Waals surface area (Å²) in [7, 11) is -5.80. The number of fused-ring (bicyclic) bond motifs is 2. The van der Waals surface area contributed by atoms with E-state index in [1.54, 1.807) is 9.80 Å². The second kappa shape index (κ2) is 13.6. The van der Waals surface area contributed by atoms with Crippen molar-refractivity contribution in [1.82, 2.24) is 20.0 Å². The molecule has 5 atom stereocenters. The first kappa shape index (κ1) is 34.6. The lowest BCUT2D eigenvalue weighted by atomic mass is 9.95. The first-order valence-corrected chi connectivity index (χ1v) is 18.0. The molecule has 3 saturated heterocycles. The van der Waals surface area contributed by atoms with E-state index in [9.17, 15) is 37.5 Å². The Morgan fingerprint density at radius 1 is 1.00 bits per heavy atom. The molecule has 3 aliphatic heterocycles. The van der Waals surface area contributed by atoms with Crippen LogP contribution in [0.3, 0.4) is 0 Å². The highest BCUT2D eigenvalue weighted by Gasteiger charge is 2.51. The van der Waals surface area contributed by atoms with Crippen LogP contribution in [0.5, 0.6) is 0 Å². The van der Waals surface area contributed by atoms with E-state index >= 15 is 0 Å². The zero-order valence-corrected chi connectivity index (χ0v) is 27.8. The maximum absolute atomic E-state index is 14.4. The summed E-state index contributed by atoms with van der Waals surface area (Å²) in [6.45, 7) is 12.3. The molecular weight excluding hydrogens is 655 g/mol.